The summed E-state index contributed by atoms with van der Waals surface area (Å²) in [6.07, 6.45) is 0.104. The summed E-state index contributed by atoms with van der Waals surface area (Å²) < 4.78 is 10.8. The normalized spacial score (nSPS) is 17.2. The van der Waals surface area contributed by atoms with Gasteiger partial charge in [-0.15, -0.1) is 0 Å². The first-order chi connectivity index (χ1) is 21.1. The van der Waals surface area contributed by atoms with Gasteiger partial charge in [-0.1, -0.05) is 12.1 Å². The summed E-state index contributed by atoms with van der Waals surface area (Å²) in [7, 11) is 0. The highest BCUT2D eigenvalue weighted by Crippen LogP contribution is 2.26. The maximum atomic E-state index is 13.4. The van der Waals surface area contributed by atoms with Gasteiger partial charge < -0.3 is 40.3 Å². The van der Waals surface area contributed by atoms with Crippen molar-refractivity contribution in [3.63, 3.8) is 0 Å². The van der Waals surface area contributed by atoms with Gasteiger partial charge in [0.2, 0.25) is 11.8 Å². The summed E-state index contributed by atoms with van der Waals surface area (Å²) in [5.74, 6) is -3.19. The Morgan fingerprint density at radius 3 is 2.45 bits per heavy atom. The van der Waals surface area contributed by atoms with Crippen molar-refractivity contribution in [3.05, 3.63) is 36.0 Å². The van der Waals surface area contributed by atoms with Crippen LogP contribution in [-0.4, -0.2) is 119 Å². The molecule has 236 valence electrons. The summed E-state index contributed by atoms with van der Waals surface area (Å²) in [6.45, 7) is 2.72. The van der Waals surface area contributed by atoms with Crippen molar-refractivity contribution in [3.8, 4) is 5.75 Å². The molecule has 0 aliphatic carbocycles. The van der Waals surface area contributed by atoms with Crippen molar-refractivity contribution in [2.45, 2.75) is 44.7 Å². The van der Waals surface area contributed by atoms with Crippen molar-refractivity contribution in [2.24, 2.45) is 5.73 Å². The summed E-state index contributed by atoms with van der Waals surface area (Å²) in [5.41, 5.74) is 5.71. The fraction of sp³-hybridized carbons (Fsp3) is 0.483. The van der Waals surface area contributed by atoms with E-state index in [1.165, 1.54) is 20.8 Å². The molecule has 5 amide bonds. The lowest BCUT2D eigenvalue weighted by Gasteiger charge is -2.35. The van der Waals surface area contributed by atoms with Crippen LogP contribution in [-0.2, 0) is 23.9 Å². The van der Waals surface area contributed by atoms with Gasteiger partial charge in [0.25, 0.3) is 11.8 Å². The van der Waals surface area contributed by atoms with Gasteiger partial charge in [0.05, 0.1) is 12.1 Å². The molecule has 15 heteroatoms. The average Bonchev–Trinajstić information content (AvgIpc) is 3.52. The number of carboxylic acids is 1. The number of nitrogens with two attached hydrogens (primary N) is 1. The Labute approximate surface area is 253 Å². The number of pyridine rings is 1. The molecular weight excluding hydrogens is 576 g/mol. The number of fused-ring (bicyclic) bond motifs is 1. The van der Waals surface area contributed by atoms with E-state index in [0.29, 0.717) is 30.3 Å². The van der Waals surface area contributed by atoms with Crippen LogP contribution < -0.4 is 15.8 Å². The van der Waals surface area contributed by atoms with Gasteiger partial charge in [-0.25, -0.2) is 9.78 Å². The molecule has 4 N–H and O–H groups in total. The minimum absolute atomic E-state index is 0.109. The van der Waals surface area contributed by atoms with Gasteiger partial charge in [0.15, 0.2) is 6.61 Å². The molecule has 0 spiro atoms. The van der Waals surface area contributed by atoms with E-state index in [1.54, 1.807) is 31.2 Å². The number of ether oxygens (including phenoxy) is 2. The Kier molecular flexibility index (Phi) is 10.5. The molecular formula is C29H36N6O9. The van der Waals surface area contributed by atoms with Crippen LogP contribution in [0.1, 0.15) is 43.1 Å². The number of para-hydroxylation sites is 1. The zero-order valence-electron chi connectivity index (χ0n) is 24.4. The average molecular weight is 613 g/mol. The number of primary amides is 1. The number of nitrogens with one attached hydrogen (secondary N) is 1. The molecule has 3 heterocycles. The topological polar surface area (TPSA) is 202 Å². The molecule has 15 nitrogen and oxygen atoms in total. The lowest BCUT2D eigenvalue weighted by molar-refractivity contribution is -0.139. The number of aromatic nitrogens is 1. The third kappa shape index (κ3) is 7.71. The summed E-state index contributed by atoms with van der Waals surface area (Å²) in [6, 6.07) is 6.29. The molecule has 1 aromatic carbocycles. The van der Waals surface area contributed by atoms with E-state index in [1.807, 2.05) is 0 Å². The lowest BCUT2D eigenvalue weighted by Crippen LogP contribution is -2.56. The van der Waals surface area contributed by atoms with Crippen LogP contribution in [0.15, 0.2) is 30.3 Å². The number of piperazine rings is 1. The van der Waals surface area contributed by atoms with E-state index in [4.69, 9.17) is 15.2 Å². The summed E-state index contributed by atoms with van der Waals surface area (Å²) in [4.78, 5) is 83.5. The summed E-state index contributed by atoms with van der Waals surface area (Å²) >= 11 is 0. The number of benzene rings is 1. The largest absolute Gasteiger partial charge is 0.483 e. The number of nitrogens with zero attached hydrogens (tertiary/aromatic N) is 4. The Morgan fingerprint density at radius 1 is 1.07 bits per heavy atom. The summed E-state index contributed by atoms with van der Waals surface area (Å²) in [5, 5.41) is 12.4. The molecule has 0 saturated carbocycles. The molecule has 2 aliphatic rings. The predicted octanol–water partition coefficient (Wildman–Crippen LogP) is 0.354. The fourth-order valence-corrected chi connectivity index (χ4v) is 5.26. The van der Waals surface area contributed by atoms with Gasteiger partial charge in [0, 0.05) is 50.6 Å². The van der Waals surface area contributed by atoms with Gasteiger partial charge in [-0.2, -0.15) is 0 Å². The van der Waals surface area contributed by atoms with Crippen LogP contribution in [0.25, 0.3) is 10.9 Å². The first-order valence-corrected chi connectivity index (χ1v) is 14.4. The third-order valence-corrected chi connectivity index (χ3v) is 7.53. The number of carbonyl (C=O) groups excluding carboxylic acids is 5. The van der Waals surface area contributed by atoms with Crippen molar-refractivity contribution in [1.82, 2.24) is 25.0 Å². The quantitative estimate of drug-likeness (QED) is 0.318. The number of hydrogen-bond donors (Lipinski definition) is 3. The third-order valence-electron chi connectivity index (χ3n) is 7.53. The molecule has 0 bridgehead atoms. The zero-order valence-corrected chi connectivity index (χ0v) is 24.4. The smallest absolute Gasteiger partial charge is 0.409 e. The van der Waals surface area contributed by atoms with E-state index in [-0.39, 0.29) is 57.1 Å². The molecule has 2 aliphatic heterocycles. The fourth-order valence-electron chi connectivity index (χ4n) is 5.26. The number of rotatable bonds is 11. The number of amides is 5. The van der Waals surface area contributed by atoms with Crippen LogP contribution in [0.4, 0.5) is 4.79 Å². The molecule has 2 saturated heterocycles. The molecule has 44 heavy (non-hydrogen) atoms. The van der Waals surface area contributed by atoms with E-state index in [9.17, 15) is 33.9 Å². The monoisotopic (exact) mass is 612 g/mol. The second kappa shape index (κ2) is 14.5. The molecule has 0 unspecified atom stereocenters. The lowest BCUT2D eigenvalue weighted by atomic mass is 10.1. The second-order valence-corrected chi connectivity index (χ2v) is 10.4. The first kappa shape index (κ1) is 32.0. The highest BCUT2D eigenvalue weighted by atomic mass is 16.6. The maximum Gasteiger partial charge on any atom is 0.409 e. The van der Waals surface area contributed by atoms with Gasteiger partial charge >= 0.3 is 12.1 Å². The minimum atomic E-state index is -1.17. The maximum absolute atomic E-state index is 13.4. The van der Waals surface area contributed by atoms with Gasteiger partial charge in [0.1, 0.15) is 23.5 Å². The SMILES string of the molecule is CCOC(=O)N1CCN(C(=O)[C@H](CCC(=O)O)NC(=O)c2cc(OCC(=O)N3CCC[C@@H]3C(N)=O)c3ccccc3n2)CC1. The Morgan fingerprint density at radius 2 is 1.77 bits per heavy atom. The van der Waals surface area contributed by atoms with Crippen LogP contribution in [0.3, 0.4) is 0 Å². The highest BCUT2D eigenvalue weighted by Gasteiger charge is 2.33. The molecule has 2 aromatic rings. The minimum Gasteiger partial charge on any atom is -0.483 e. The van der Waals surface area contributed by atoms with Gasteiger partial charge in [-0.05, 0) is 38.3 Å². The number of likely N-dealkylation sites (tertiary alicyclic amines) is 1. The predicted molar refractivity (Wildman–Crippen MR) is 154 cm³/mol. The van der Waals surface area contributed by atoms with Crippen LogP contribution in [0.2, 0.25) is 0 Å². The van der Waals surface area contributed by atoms with Crippen molar-refractivity contribution >= 4 is 46.6 Å². The van der Waals surface area contributed by atoms with E-state index < -0.39 is 54.4 Å². The van der Waals surface area contributed by atoms with E-state index in [2.05, 4.69) is 10.3 Å². The number of hydrogen-bond acceptors (Lipinski definition) is 9. The number of carbonyl (C=O) groups is 6. The second-order valence-electron chi connectivity index (χ2n) is 10.4. The van der Waals surface area contributed by atoms with Crippen molar-refractivity contribution in [2.75, 3.05) is 45.9 Å². The van der Waals surface area contributed by atoms with Crippen LogP contribution >= 0.6 is 0 Å². The number of carboxylic acid groups (broad SMARTS) is 1. The standard InChI is InChI=1S/C29H36N6O9/c1-2-43-29(42)34-14-12-33(13-15-34)28(41)20(9-10-25(37)38)32-27(40)21-16-23(18-6-3-4-7-19(18)31-21)44-17-24(36)35-11-5-8-22(35)26(30)39/h3-4,6-7,16,20,22H,2,5,8-15,17H2,1H3,(H2,30,39)(H,32,40)(H,37,38)/t20-,22+/m0/s1. The van der Waals surface area contributed by atoms with Crippen molar-refractivity contribution in [1.29, 1.82) is 0 Å². The molecule has 4 rings (SSSR count). The molecule has 2 fully saturated rings. The first-order valence-electron chi connectivity index (χ1n) is 14.4. The van der Waals surface area contributed by atoms with E-state index in [0.717, 1.165) is 0 Å². The van der Waals surface area contributed by atoms with Crippen LogP contribution in [0, 0.1) is 0 Å². The Balaban J connectivity index is 1.49. The molecule has 1 aromatic heterocycles. The Hall–Kier alpha value is -4.95. The Bertz CT molecular complexity index is 1430. The zero-order chi connectivity index (χ0) is 31.8. The van der Waals surface area contributed by atoms with Crippen LogP contribution in [0.5, 0.6) is 5.75 Å². The van der Waals surface area contributed by atoms with Gasteiger partial charge in [-0.3, -0.25) is 24.0 Å². The highest BCUT2D eigenvalue weighted by molar-refractivity contribution is 5.99. The number of aliphatic carboxylic acids is 1. The molecule has 0 radical (unpaired) electrons. The van der Waals surface area contributed by atoms with Crippen molar-refractivity contribution < 1.29 is 43.3 Å². The van der Waals surface area contributed by atoms with E-state index >= 15 is 0 Å². The molecule has 2 atom stereocenters.